The molecule has 1 aliphatic rings. The summed E-state index contributed by atoms with van der Waals surface area (Å²) >= 11 is 0. The van der Waals surface area contributed by atoms with Crippen molar-refractivity contribution in [2.24, 2.45) is 5.92 Å². The minimum Gasteiger partial charge on any atom is -0.356 e. The molecule has 1 N–H and O–H groups in total. The van der Waals surface area contributed by atoms with Crippen LogP contribution in [0.2, 0.25) is 0 Å². The first-order chi connectivity index (χ1) is 14.6. The topological polar surface area (TPSA) is 67.2 Å². The second-order valence-electron chi connectivity index (χ2n) is 7.34. The van der Waals surface area contributed by atoms with E-state index in [-0.39, 0.29) is 24.1 Å². The first kappa shape index (κ1) is 19.8. The van der Waals surface area contributed by atoms with Crippen molar-refractivity contribution in [2.45, 2.75) is 19.4 Å². The molecule has 4 rings (SSSR count). The third-order valence-corrected chi connectivity index (χ3v) is 5.26. The van der Waals surface area contributed by atoms with E-state index in [1.165, 1.54) is 12.1 Å². The molecule has 2 amide bonds. The smallest absolute Gasteiger partial charge is 0.227 e. The molecule has 1 aliphatic heterocycles. The van der Waals surface area contributed by atoms with Crippen molar-refractivity contribution in [3.63, 3.8) is 0 Å². The van der Waals surface area contributed by atoms with Crippen molar-refractivity contribution in [3.8, 4) is 11.4 Å². The van der Waals surface area contributed by atoms with Gasteiger partial charge in [0.25, 0.3) is 0 Å². The van der Waals surface area contributed by atoms with Crippen molar-refractivity contribution >= 4 is 17.5 Å². The molecule has 1 unspecified atom stereocenters. The van der Waals surface area contributed by atoms with Gasteiger partial charge in [0.1, 0.15) is 11.6 Å². The van der Waals surface area contributed by atoms with Crippen LogP contribution in [0.25, 0.3) is 11.4 Å². The number of halogens is 1. The molecule has 154 valence electrons. The predicted octanol–water partition coefficient (Wildman–Crippen LogP) is 3.25. The fraction of sp³-hybridized carbons (Fsp3) is 0.261. The molecule has 2 aromatic carbocycles. The number of anilines is 1. The molecule has 0 aliphatic carbocycles. The number of nitrogens with one attached hydrogen (secondary N) is 1. The van der Waals surface area contributed by atoms with Crippen LogP contribution in [0.15, 0.2) is 67.0 Å². The van der Waals surface area contributed by atoms with Crippen LogP contribution >= 0.6 is 0 Å². The summed E-state index contributed by atoms with van der Waals surface area (Å²) in [6.45, 7) is 1.57. The molecule has 7 heteroatoms. The number of imidazole rings is 1. The quantitative estimate of drug-likeness (QED) is 0.613. The summed E-state index contributed by atoms with van der Waals surface area (Å²) in [6, 6.07) is 15.7. The molecule has 2 heterocycles. The average Bonchev–Trinajstić information content (AvgIpc) is 3.39. The molecule has 0 bridgehead atoms. The van der Waals surface area contributed by atoms with Gasteiger partial charge in [0.05, 0.1) is 5.92 Å². The summed E-state index contributed by atoms with van der Waals surface area (Å²) in [5.41, 5.74) is 1.67. The molecule has 0 saturated carbocycles. The Hall–Kier alpha value is -3.48. The zero-order valence-electron chi connectivity index (χ0n) is 16.5. The number of hydrogen-bond acceptors (Lipinski definition) is 3. The number of hydrogen-bond donors (Lipinski definition) is 1. The Kier molecular flexibility index (Phi) is 5.88. The zero-order chi connectivity index (χ0) is 20.9. The second-order valence-corrected chi connectivity index (χ2v) is 7.34. The van der Waals surface area contributed by atoms with E-state index in [4.69, 9.17) is 0 Å². The molecule has 0 spiro atoms. The van der Waals surface area contributed by atoms with Gasteiger partial charge in [0.15, 0.2) is 0 Å². The summed E-state index contributed by atoms with van der Waals surface area (Å²) in [5.74, 6) is -0.0866. The van der Waals surface area contributed by atoms with E-state index in [0.717, 1.165) is 24.4 Å². The lowest BCUT2D eigenvalue weighted by molar-refractivity contribution is -0.126. The van der Waals surface area contributed by atoms with E-state index in [2.05, 4.69) is 14.9 Å². The first-order valence-electron chi connectivity index (χ1n) is 10.0. The normalized spacial score (nSPS) is 16.1. The summed E-state index contributed by atoms with van der Waals surface area (Å²) in [6.07, 6.45) is 4.63. The number of rotatable bonds is 7. The molecule has 1 aromatic heterocycles. The number of nitrogens with zero attached hydrogens (tertiary/aromatic N) is 3. The number of aromatic nitrogens is 2. The van der Waals surface area contributed by atoms with Gasteiger partial charge in [-0.3, -0.25) is 9.59 Å². The van der Waals surface area contributed by atoms with E-state index < -0.39 is 5.92 Å². The number of benzene rings is 2. The molecule has 6 nitrogen and oxygen atoms in total. The van der Waals surface area contributed by atoms with Gasteiger partial charge < -0.3 is 14.8 Å². The fourth-order valence-electron chi connectivity index (χ4n) is 3.70. The van der Waals surface area contributed by atoms with Gasteiger partial charge in [-0.2, -0.15) is 0 Å². The van der Waals surface area contributed by atoms with Crippen LogP contribution in [0.1, 0.15) is 12.8 Å². The van der Waals surface area contributed by atoms with Crippen molar-refractivity contribution in [1.82, 2.24) is 14.9 Å². The number of carbonyl (C=O) groups excluding carboxylic acids is 2. The van der Waals surface area contributed by atoms with Gasteiger partial charge in [0, 0.05) is 49.7 Å². The first-order valence-corrected chi connectivity index (χ1v) is 10.0. The third-order valence-electron chi connectivity index (χ3n) is 5.26. The van der Waals surface area contributed by atoms with Crippen molar-refractivity contribution in [1.29, 1.82) is 0 Å². The monoisotopic (exact) mass is 406 g/mol. The molecular formula is C23H23FN4O2. The average molecular weight is 406 g/mol. The zero-order valence-corrected chi connectivity index (χ0v) is 16.5. The van der Waals surface area contributed by atoms with Gasteiger partial charge >= 0.3 is 0 Å². The highest BCUT2D eigenvalue weighted by molar-refractivity contribution is 6.00. The van der Waals surface area contributed by atoms with Crippen LogP contribution in [-0.2, 0) is 16.1 Å². The predicted molar refractivity (Wildman–Crippen MR) is 112 cm³/mol. The van der Waals surface area contributed by atoms with Crippen LogP contribution < -0.4 is 10.2 Å². The largest absolute Gasteiger partial charge is 0.356 e. The highest BCUT2D eigenvalue weighted by Gasteiger charge is 2.34. The molecule has 1 atom stereocenters. The summed E-state index contributed by atoms with van der Waals surface area (Å²) in [4.78, 5) is 30.7. The van der Waals surface area contributed by atoms with Gasteiger partial charge in [0.2, 0.25) is 11.8 Å². The Morgan fingerprint density at radius 3 is 2.67 bits per heavy atom. The van der Waals surface area contributed by atoms with Crippen LogP contribution in [-0.4, -0.2) is 34.5 Å². The molecular weight excluding hydrogens is 383 g/mol. The van der Waals surface area contributed by atoms with Gasteiger partial charge in [-0.1, -0.05) is 30.3 Å². The van der Waals surface area contributed by atoms with Crippen LogP contribution in [0.4, 0.5) is 10.1 Å². The van der Waals surface area contributed by atoms with Crippen molar-refractivity contribution in [3.05, 3.63) is 72.8 Å². The maximum Gasteiger partial charge on any atom is 0.227 e. The number of aryl methyl sites for hydroxylation is 1. The van der Waals surface area contributed by atoms with Crippen LogP contribution in [0.5, 0.6) is 0 Å². The SMILES string of the molecule is O=C(NCCCn1ccnc1-c1ccccc1)C1CC(=O)N(c2ccc(F)cc2)C1. The Bertz CT molecular complexity index is 1020. The van der Waals surface area contributed by atoms with Crippen molar-refractivity contribution < 1.29 is 14.0 Å². The Morgan fingerprint density at radius 1 is 1.13 bits per heavy atom. The second kappa shape index (κ2) is 8.90. The van der Waals surface area contributed by atoms with E-state index in [1.54, 1.807) is 23.2 Å². The fourth-order valence-corrected chi connectivity index (χ4v) is 3.70. The standard InChI is InChI=1S/C23H23FN4O2/c24-19-7-9-20(10-8-19)28-16-18(15-21(28)29)23(30)26-11-4-13-27-14-12-25-22(27)17-5-2-1-3-6-17/h1-3,5-10,12,14,18H,4,11,13,15-16H2,(H,26,30). The summed E-state index contributed by atoms with van der Waals surface area (Å²) in [5, 5.41) is 2.94. The van der Waals surface area contributed by atoms with Crippen LogP contribution in [0, 0.1) is 11.7 Å². The third kappa shape index (κ3) is 4.40. The number of carbonyl (C=O) groups is 2. The Balaban J connectivity index is 1.27. The van der Waals surface area contributed by atoms with Gasteiger partial charge in [-0.05, 0) is 30.7 Å². The highest BCUT2D eigenvalue weighted by Crippen LogP contribution is 2.25. The highest BCUT2D eigenvalue weighted by atomic mass is 19.1. The summed E-state index contributed by atoms with van der Waals surface area (Å²) < 4.78 is 15.2. The maximum absolute atomic E-state index is 13.1. The van der Waals surface area contributed by atoms with Gasteiger partial charge in [-0.25, -0.2) is 9.37 Å². The molecule has 0 radical (unpaired) electrons. The number of amides is 2. The lowest BCUT2D eigenvalue weighted by Gasteiger charge is -2.16. The summed E-state index contributed by atoms with van der Waals surface area (Å²) in [7, 11) is 0. The van der Waals surface area contributed by atoms with E-state index in [9.17, 15) is 14.0 Å². The Morgan fingerprint density at radius 2 is 1.90 bits per heavy atom. The van der Waals surface area contributed by atoms with E-state index >= 15 is 0 Å². The minimum absolute atomic E-state index is 0.118. The molecule has 1 fully saturated rings. The maximum atomic E-state index is 13.1. The Labute approximate surface area is 174 Å². The van der Waals surface area contributed by atoms with Crippen LogP contribution in [0.3, 0.4) is 0 Å². The lowest BCUT2D eigenvalue weighted by Crippen LogP contribution is -2.33. The lowest BCUT2D eigenvalue weighted by atomic mass is 10.1. The van der Waals surface area contributed by atoms with E-state index in [0.29, 0.717) is 18.8 Å². The molecule has 3 aromatic rings. The molecule has 30 heavy (non-hydrogen) atoms. The van der Waals surface area contributed by atoms with Crippen molar-refractivity contribution in [2.75, 3.05) is 18.0 Å². The minimum atomic E-state index is -0.393. The van der Waals surface area contributed by atoms with E-state index in [1.807, 2.05) is 36.5 Å². The van der Waals surface area contributed by atoms with Gasteiger partial charge in [-0.15, -0.1) is 0 Å². The molecule has 1 saturated heterocycles.